The fourth-order valence-electron chi connectivity index (χ4n) is 3.42. The molecule has 0 spiro atoms. The number of aromatic nitrogens is 2. The third-order valence-corrected chi connectivity index (χ3v) is 5.07. The van der Waals surface area contributed by atoms with Crippen LogP contribution in [0, 0.1) is 0 Å². The lowest BCUT2D eigenvalue weighted by Gasteiger charge is -2.35. The molecule has 0 aliphatic carbocycles. The lowest BCUT2D eigenvalue weighted by atomic mass is 9.92. The Balaban J connectivity index is 1.73. The minimum Gasteiger partial charge on any atom is -0.444 e. The van der Waals surface area contributed by atoms with E-state index in [0.717, 1.165) is 19.4 Å². The second kappa shape index (κ2) is 7.52. The highest BCUT2D eigenvalue weighted by Crippen LogP contribution is 2.31. The van der Waals surface area contributed by atoms with Gasteiger partial charge in [0, 0.05) is 18.5 Å². The Labute approximate surface area is 154 Å². The second-order valence-electron chi connectivity index (χ2n) is 8.31. The van der Waals surface area contributed by atoms with Crippen LogP contribution in [0.25, 0.3) is 0 Å². The molecule has 2 aliphatic rings. The summed E-state index contributed by atoms with van der Waals surface area (Å²) in [4.78, 5) is 21.1. The summed E-state index contributed by atoms with van der Waals surface area (Å²) in [6.07, 6.45) is 1.62. The lowest BCUT2D eigenvalue weighted by molar-refractivity contribution is -0.0354. The van der Waals surface area contributed by atoms with Gasteiger partial charge in [-0.1, -0.05) is 5.16 Å². The quantitative estimate of drug-likeness (QED) is 0.796. The van der Waals surface area contributed by atoms with Crippen LogP contribution < -0.4 is 0 Å². The predicted octanol–water partition coefficient (Wildman–Crippen LogP) is 2.58. The smallest absolute Gasteiger partial charge is 0.411 e. The van der Waals surface area contributed by atoms with Crippen LogP contribution in [0.4, 0.5) is 4.79 Å². The third-order valence-electron chi connectivity index (χ3n) is 5.07. The molecule has 1 aromatic rings. The van der Waals surface area contributed by atoms with Crippen LogP contribution in [-0.4, -0.2) is 71.0 Å². The molecule has 0 bridgehead atoms. The van der Waals surface area contributed by atoms with Gasteiger partial charge in [-0.2, -0.15) is 4.98 Å². The zero-order valence-electron chi connectivity index (χ0n) is 16.4. The van der Waals surface area contributed by atoms with Gasteiger partial charge in [0.1, 0.15) is 11.6 Å². The summed E-state index contributed by atoms with van der Waals surface area (Å²) >= 11 is 0. The van der Waals surface area contributed by atoms with Gasteiger partial charge in [0.05, 0.1) is 13.2 Å². The van der Waals surface area contributed by atoms with E-state index < -0.39 is 5.60 Å². The van der Waals surface area contributed by atoms with Crippen molar-refractivity contribution in [3.8, 4) is 0 Å². The second-order valence-corrected chi connectivity index (χ2v) is 8.31. The normalized spacial score (nSPS) is 28.2. The van der Waals surface area contributed by atoms with E-state index in [-0.39, 0.29) is 18.1 Å². The Morgan fingerprint density at radius 2 is 2.08 bits per heavy atom. The van der Waals surface area contributed by atoms with Crippen molar-refractivity contribution in [3.05, 3.63) is 11.7 Å². The molecule has 26 heavy (non-hydrogen) atoms. The van der Waals surface area contributed by atoms with Crippen molar-refractivity contribution in [1.29, 1.82) is 0 Å². The first kappa shape index (κ1) is 19.1. The minimum atomic E-state index is -0.549. The summed E-state index contributed by atoms with van der Waals surface area (Å²) < 4.78 is 16.6. The first-order chi connectivity index (χ1) is 12.2. The van der Waals surface area contributed by atoms with E-state index in [9.17, 15) is 4.79 Å². The van der Waals surface area contributed by atoms with Crippen LogP contribution in [-0.2, 0) is 9.47 Å². The largest absolute Gasteiger partial charge is 0.444 e. The fraction of sp³-hybridized carbons (Fsp3) is 0.833. The maximum Gasteiger partial charge on any atom is 0.411 e. The van der Waals surface area contributed by atoms with Crippen molar-refractivity contribution < 1.29 is 18.8 Å². The van der Waals surface area contributed by atoms with Gasteiger partial charge in [0.15, 0.2) is 5.82 Å². The van der Waals surface area contributed by atoms with Crippen LogP contribution in [0.3, 0.4) is 0 Å². The van der Waals surface area contributed by atoms with Gasteiger partial charge >= 0.3 is 6.09 Å². The Hall–Kier alpha value is -1.67. The lowest BCUT2D eigenvalue weighted by Crippen LogP contribution is -2.46. The SMILES string of the molecule is C[C@H]1C[C@@H](c2nc([C@@H]3COCCN3C(=O)OC(C)(C)C)no2)CCN1C. The summed E-state index contributed by atoms with van der Waals surface area (Å²) in [7, 11) is 2.14. The predicted molar refractivity (Wildman–Crippen MR) is 94.9 cm³/mol. The molecular weight excluding hydrogens is 336 g/mol. The average Bonchev–Trinajstić information content (AvgIpc) is 3.06. The summed E-state index contributed by atoms with van der Waals surface area (Å²) in [5, 5.41) is 4.16. The van der Waals surface area contributed by atoms with Crippen LogP contribution in [0.1, 0.15) is 64.2 Å². The molecule has 1 aromatic heterocycles. The molecule has 1 amide bonds. The van der Waals surface area contributed by atoms with Crippen LogP contribution in [0.15, 0.2) is 4.52 Å². The summed E-state index contributed by atoms with van der Waals surface area (Å²) in [6.45, 7) is 10.1. The first-order valence-electron chi connectivity index (χ1n) is 9.35. The molecule has 2 saturated heterocycles. The number of morpholine rings is 1. The molecule has 8 nitrogen and oxygen atoms in total. The number of carbonyl (C=O) groups is 1. The number of hydrogen-bond donors (Lipinski definition) is 0. The molecule has 2 aliphatic heterocycles. The summed E-state index contributed by atoms with van der Waals surface area (Å²) in [5.74, 6) is 1.42. The number of rotatable bonds is 2. The van der Waals surface area contributed by atoms with Crippen molar-refractivity contribution in [2.45, 2.75) is 64.1 Å². The van der Waals surface area contributed by atoms with Gasteiger partial charge < -0.3 is 18.9 Å². The van der Waals surface area contributed by atoms with E-state index in [1.807, 2.05) is 20.8 Å². The fourth-order valence-corrected chi connectivity index (χ4v) is 3.42. The number of piperidine rings is 1. The van der Waals surface area contributed by atoms with Crippen molar-refractivity contribution in [3.63, 3.8) is 0 Å². The number of nitrogens with zero attached hydrogens (tertiary/aromatic N) is 4. The molecule has 0 radical (unpaired) electrons. The van der Waals surface area contributed by atoms with Gasteiger partial charge in [-0.15, -0.1) is 0 Å². The van der Waals surface area contributed by atoms with Gasteiger partial charge in [0.2, 0.25) is 5.89 Å². The number of likely N-dealkylation sites (tertiary alicyclic amines) is 1. The molecule has 8 heteroatoms. The van der Waals surface area contributed by atoms with E-state index in [2.05, 4.69) is 29.0 Å². The van der Waals surface area contributed by atoms with Crippen LogP contribution in [0.5, 0.6) is 0 Å². The molecule has 3 atom stereocenters. The van der Waals surface area contributed by atoms with E-state index in [4.69, 9.17) is 14.0 Å². The summed E-state index contributed by atoms with van der Waals surface area (Å²) in [6, 6.07) is 0.111. The number of hydrogen-bond acceptors (Lipinski definition) is 7. The van der Waals surface area contributed by atoms with Crippen LogP contribution >= 0.6 is 0 Å². The average molecular weight is 366 g/mol. The highest BCUT2D eigenvalue weighted by Gasteiger charge is 2.36. The maximum absolute atomic E-state index is 12.5. The van der Waals surface area contributed by atoms with Gasteiger partial charge in [0.25, 0.3) is 0 Å². The molecule has 0 saturated carbocycles. The van der Waals surface area contributed by atoms with Gasteiger partial charge in [-0.25, -0.2) is 4.79 Å². The maximum atomic E-state index is 12.5. The highest BCUT2D eigenvalue weighted by atomic mass is 16.6. The van der Waals surface area contributed by atoms with E-state index in [0.29, 0.717) is 37.5 Å². The van der Waals surface area contributed by atoms with Crippen molar-refractivity contribution >= 4 is 6.09 Å². The Morgan fingerprint density at radius 3 is 2.77 bits per heavy atom. The van der Waals surface area contributed by atoms with E-state index in [1.165, 1.54) is 0 Å². The first-order valence-corrected chi connectivity index (χ1v) is 9.35. The minimum absolute atomic E-state index is 0.266. The Morgan fingerprint density at radius 1 is 1.31 bits per heavy atom. The van der Waals surface area contributed by atoms with E-state index in [1.54, 1.807) is 4.90 Å². The van der Waals surface area contributed by atoms with Gasteiger partial charge in [-0.05, 0) is 54.1 Å². The zero-order chi connectivity index (χ0) is 18.9. The molecule has 0 unspecified atom stereocenters. The molecule has 0 aromatic carbocycles. The van der Waals surface area contributed by atoms with Crippen molar-refractivity contribution in [2.24, 2.45) is 0 Å². The monoisotopic (exact) mass is 366 g/mol. The van der Waals surface area contributed by atoms with Crippen LogP contribution in [0.2, 0.25) is 0 Å². The van der Waals surface area contributed by atoms with Crippen molar-refractivity contribution in [1.82, 2.24) is 19.9 Å². The summed E-state index contributed by atoms with van der Waals surface area (Å²) in [5.41, 5.74) is -0.549. The topological polar surface area (TPSA) is 80.9 Å². The number of ether oxygens (including phenoxy) is 2. The number of carbonyl (C=O) groups excluding carboxylic acids is 1. The van der Waals surface area contributed by atoms with Gasteiger partial charge in [-0.3, -0.25) is 4.90 Å². The highest BCUT2D eigenvalue weighted by molar-refractivity contribution is 5.68. The molecule has 3 rings (SSSR count). The molecular formula is C18H30N4O4. The molecule has 0 N–H and O–H groups in total. The standard InChI is InChI=1S/C18H30N4O4/c1-12-10-13(6-7-21(12)5)16-19-15(20-26-16)14-11-24-9-8-22(14)17(23)25-18(2,3)4/h12-14H,6-11H2,1-5H3/t12-,13-,14-/m0/s1. The number of amides is 1. The molecule has 3 heterocycles. The van der Waals surface area contributed by atoms with Crippen molar-refractivity contribution in [2.75, 3.05) is 33.4 Å². The zero-order valence-corrected chi connectivity index (χ0v) is 16.4. The molecule has 2 fully saturated rings. The van der Waals surface area contributed by atoms with E-state index >= 15 is 0 Å². The Bertz CT molecular complexity index is 627. The Kier molecular flexibility index (Phi) is 5.53. The molecule has 146 valence electrons. The third kappa shape index (κ3) is 4.35.